The van der Waals surface area contributed by atoms with Crippen molar-refractivity contribution in [3.8, 4) is 11.5 Å². The first-order valence-electron chi connectivity index (χ1n) is 8.38. The summed E-state index contributed by atoms with van der Waals surface area (Å²) in [5.41, 5.74) is 0.956. The fourth-order valence-corrected chi connectivity index (χ4v) is 3.90. The first kappa shape index (κ1) is 20.6. The van der Waals surface area contributed by atoms with Crippen molar-refractivity contribution in [2.75, 3.05) is 30.1 Å². The molecule has 0 heterocycles. The van der Waals surface area contributed by atoms with Crippen molar-refractivity contribution < 1.29 is 22.7 Å². The van der Waals surface area contributed by atoms with E-state index in [1.165, 1.54) is 7.11 Å². The zero-order valence-corrected chi connectivity index (χ0v) is 16.6. The zero-order valence-electron chi connectivity index (χ0n) is 15.8. The number of hydrogen-bond donors (Lipinski definition) is 1. The third-order valence-electron chi connectivity index (χ3n) is 4.01. The molecule has 0 radical (unpaired) electrons. The average Bonchev–Trinajstić information content (AvgIpc) is 2.65. The maximum atomic E-state index is 12.8. The van der Waals surface area contributed by atoms with E-state index in [4.69, 9.17) is 9.47 Å². The van der Waals surface area contributed by atoms with Gasteiger partial charge < -0.3 is 14.8 Å². The van der Waals surface area contributed by atoms with Crippen molar-refractivity contribution in [3.63, 3.8) is 0 Å². The van der Waals surface area contributed by atoms with Gasteiger partial charge in [-0.3, -0.25) is 9.10 Å². The van der Waals surface area contributed by atoms with Crippen LogP contribution in [-0.2, 0) is 14.8 Å². The van der Waals surface area contributed by atoms with E-state index < -0.39 is 22.0 Å². The molecule has 0 unspecified atom stereocenters. The van der Waals surface area contributed by atoms with Gasteiger partial charge in [-0.25, -0.2) is 8.42 Å². The fourth-order valence-electron chi connectivity index (χ4n) is 2.69. The van der Waals surface area contributed by atoms with Crippen molar-refractivity contribution in [1.29, 1.82) is 0 Å². The van der Waals surface area contributed by atoms with E-state index in [2.05, 4.69) is 5.32 Å². The number of carbonyl (C=O) groups is 1. The molecule has 2 aromatic carbocycles. The maximum Gasteiger partial charge on any atom is 0.248 e. The number of rotatable bonds is 8. The Morgan fingerprint density at radius 3 is 1.89 bits per heavy atom. The Bertz CT molecular complexity index is 864. The lowest BCUT2D eigenvalue weighted by Gasteiger charge is -2.30. The summed E-state index contributed by atoms with van der Waals surface area (Å²) in [6, 6.07) is 12.5. The number of hydrogen-bond acceptors (Lipinski definition) is 5. The second kappa shape index (κ2) is 8.77. The predicted octanol–water partition coefficient (Wildman–Crippen LogP) is 2.89. The predicted molar refractivity (Wildman–Crippen MR) is 106 cm³/mol. The number of anilines is 2. The van der Waals surface area contributed by atoms with Crippen LogP contribution in [0.4, 0.5) is 11.4 Å². The van der Waals surface area contributed by atoms with Crippen LogP contribution in [0.1, 0.15) is 13.3 Å². The lowest BCUT2D eigenvalue weighted by atomic mass is 10.1. The summed E-state index contributed by atoms with van der Waals surface area (Å²) in [6.07, 6.45) is 1.39. The van der Waals surface area contributed by atoms with Gasteiger partial charge in [0.25, 0.3) is 0 Å². The summed E-state index contributed by atoms with van der Waals surface area (Å²) in [4.78, 5) is 12.8. The van der Waals surface area contributed by atoms with Gasteiger partial charge in [0.15, 0.2) is 0 Å². The second-order valence-corrected chi connectivity index (χ2v) is 7.76. The highest BCUT2D eigenvalue weighted by Gasteiger charge is 2.31. The molecular formula is C19H24N2O5S. The molecule has 0 fully saturated rings. The van der Waals surface area contributed by atoms with Gasteiger partial charge >= 0.3 is 0 Å². The van der Waals surface area contributed by atoms with E-state index in [1.54, 1.807) is 62.6 Å². The Labute approximate surface area is 160 Å². The van der Waals surface area contributed by atoms with Gasteiger partial charge in [-0.05, 0) is 55.0 Å². The smallest absolute Gasteiger partial charge is 0.248 e. The highest BCUT2D eigenvalue weighted by molar-refractivity contribution is 7.92. The lowest BCUT2D eigenvalue weighted by Crippen LogP contribution is -2.46. The highest BCUT2D eigenvalue weighted by Crippen LogP contribution is 2.26. The third kappa shape index (κ3) is 5.13. The molecule has 0 aromatic heterocycles. The Morgan fingerprint density at radius 2 is 1.48 bits per heavy atom. The van der Waals surface area contributed by atoms with Crippen LogP contribution in [0.5, 0.6) is 11.5 Å². The molecule has 2 rings (SSSR count). The van der Waals surface area contributed by atoms with Crippen molar-refractivity contribution in [3.05, 3.63) is 48.5 Å². The minimum absolute atomic E-state index is 0.307. The largest absolute Gasteiger partial charge is 0.497 e. The molecule has 0 bridgehead atoms. The molecule has 0 aliphatic carbocycles. The summed E-state index contributed by atoms with van der Waals surface area (Å²) in [5.74, 6) is 0.850. The Kier molecular flexibility index (Phi) is 6.68. The van der Waals surface area contributed by atoms with E-state index in [-0.39, 0.29) is 0 Å². The topological polar surface area (TPSA) is 84.9 Å². The molecule has 7 nitrogen and oxygen atoms in total. The number of ether oxygens (including phenoxy) is 2. The van der Waals surface area contributed by atoms with E-state index in [0.29, 0.717) is 29.3 Å². The van der Waals surface area contributed by atoms with Gasteiger partial charge in [0.2, 0.25) is 15.9 Å². The normalized spacial score (nSPS) is 12.1. The summed E-state index contributed by atoms with van der Waals surface area (Å²) in [7, 11) is -0.602. The Morgan fingerprint density at radius 1 is 1.00 bits per heavy atom. The van der Waals surface area contributed by atoms with Crippen molar-refractivity contribution >= 4 is 27.3 Å². The van der Waals surface area contributed by atoms with Gasteiger partial charge in [0.1, 0.15) is 17.5 Å². The Hall–Kier alpha value is -2.74. The molecule has 0 aliphatic rings. The Balaban J connectivity index is 2.31. The number of methoxy groups -OCH3 is 2. The molecule has 8 heteroatoms. The fraction of sp³-hybridized carbons (Fsp3) is 0.316. The van der Waals surface area contributed by atoms with Crippen LogP contribution in [0.25, 0.3) is 0 Å². The minimum atomic E-state index is -3.69. The zero-order chi connectivity index (χ0) is 20.0. The highest BCUT2D eigenvalue weighted by atomic mass is 32.2. The van der Waals surface area contributed by atoms with Gasteiger partial charge in [0.05, 0.1) is 26.2 Å². The lowest BCUT2D eigenvalue weighted by molar-refractivity contribution is -0.117. The van der Waals surface area contributed by atoms with Crippen LogP contribution in [0, 0.1) is 0 Å². The van der Waals surface area contributed by atoms with Crippen LogP contribution < -0.4 is 19.1 Å². The van der Waals surface area contributed by atoms with Gasteiger partial charge in [-0.1, -0.05) is 6.92 Å². The van der Waals surface area contributed by atoms with Crippen LogP contribution in [0.2, 0.25) is 0 Å². The summed E-state index contributed by atoms with van der Waals surface area (Å²) < 4.78 is 36.2. The average molecular weight is 392 g/mol. The number of sulfonamides is 1. The maximum absolute atomic E-state index is 12.8. The van der Waals surface area contributed by atoms with E-state index in [0.717, 1.165) is 10.6 Å². The monoisotopic (exact) mass is 392 g/mol. The van der Waals surface area contributed by atoms with Crippen molar-refractivity contribution in [2.24, 2.45) is 0 Å². The van der Waals surface area contributed by atoms with Crippen LogP contribution in [0.15, 0.2) is 48.5 Å². The molecule has 0 saturated carbocycles. The van der Waals surface area contributed by atoms with Crippen LogP contribution >= 0.6 is 0 Å². The minimum Gasteiger partial charge on any atom is -0.497 e. The molecular weight excluding hydrogens is 368 g/mol. The number of nitrogens with one attached hydrogen (secondary N) is 1. The quantitative estimate of drug-likeness (QED) is 0.747. The van der Waals surface area contributed by atoms with E-state index >= 15 is 0 Å². The number of carbonyl (C=O) groups excluding carboxylic acids is 1. The summed E-state index contributed by atoms with van der Waals surface area (Å²) >= 11 is 0. The first-order valence-corrected chi connectivity index (χ1v) is 10.2. The molecule has 1 N–H and O–H groups in total. The van der Waals surface area contributed by atoms with E-state index in [9.17, 15) is 13.2 Å². The van der Waals surface area contributed by atoms with Crippen LogP contribution in [0.3, 0.4) is 0 Å². The molecule has 1 atom stereocenters. The first-order chi connectivity index (χ1) is 12.8. The molecule has 0 saturated heterocycles. The molecule has 0 aliphatic heterocycles. The molecule has 2 aromatic rings. The standard InChI is InChI=1S/C19H24N2O5S/c1-5-18(19(22)20-14-6-10-16(25-2)11-7-14)21(27(4,23)24)15-8-12-17(26-3)13-9-15/h6-13,18H,5H2,1-4H3,(H,20,22)/t18-/m0/s1. The molecule has 1 amide bonds. The SMILES string of the molecule is CC[C@@H](C(=O)Nc1ccc(OC)cc1)N(c1ccc(OC)cc1)S(C)(=O)=O. The van der Waals surface area contributed by atoms with Crippen LogP contribution in [-0.4, -0.2) is 40.8 Å². The van der Waals surface area contributed by atoms with E-state index in [1.807, 2.05) is 0 Å². The summed E-state index contributed by atoms with van der Waals surface area (Å²) in [5, 5.41) is 2.76. The number of amides is 1. The van der Waals surface area contributed by atoms with Gasteiger partial charge in [-0.2, -0.15) is 0 Å². The molecule has 0 spiro atoms. The molecule has 27 heavy (non-hydrogen) atoms. The van der Waals surface area contributed by atoms with Gasteiger partial charge in [-0.15, -0.1) is 0 Å². The third-order valence-corrected chi connectivity index (χ3v) is 5.19. The van der Waals surface area contributed by atoms with Gasteiger partial charge in [0, 0.05) is 5.69 Å². The number of benzene rings is 2. The van der Waals surface area contributed by atoms with Crippen molar-refractivity contribution in [2.45, 2.75) is 19.4 Å². The second-order valence-electron chi connectivity index (χ2n) is 5.90. The number of nitrogens with zero attached hydrogens (tertiary/aromatic N) is 1. The summed E-state index contributed by atoms with van der Waals surface area (Å²) in [6.45, 7) is 1.76. The molecule has 146 valence electrons. The van der Waals surface area contributed by atoms with Crippen molar-refractivity contribution in [1.82, 2.24) is 0 Å².